The van der Waals surface area contributed by atoms with Crippen molar-refractivity contribution in [2.75, 3.05) is 31.0 Å². The molecule has 1 atom stereocenters. The molecule has 3 aromatic rings. The van der Waals surface area contributed by atoms with E-state index in [0.717, 1.165) is 0 Å². The Morgan fingerprint density at radius 1 is 1.21 bits per heavy atom. The summed E-state index contributed by atoms with van der Waals surface area (Å²) >= 11 is 0. The second-order valence-electron chi connectivity index (χ2n) is 6.85. The van der Waals surface area contributed by atoms with E-state index in [1.165, 1.54) is 7.11 Å². The van der Waals surface area contributed by atoms with E-state index in [1.807, 2.05) is 0 Å². The number of nitrogens with one attached hydrogen (secondary N) is 1. The fourth-order valence-electron chi connectivity index (χ4n) is 3.48. The minimum absolute atomic E-state index is 0.109. The lowest BCUT2D eigenvalue weighted by Gasteiger charge is -2.17. The molecular weight excluding hydrogens is 374 g/mol. The van der Waals surface area contributed by atoms with E-state index in [4.69, 9.17) is 13.9 Å². The van der Waals surface area contributed by atoms with Crippen LogP contribution in [0.15, 0.2) is 40.8 Å². The fraction of sp³-hybridized carbons (Fsp3) is 0.286. The zero-order chi connectivity index (χ0) is 20.5. The molecular formula is C21H21N3O5. The Morgan fingerprint density at radius 3 is 2.79 bits per heavy atom. The molecule has 8 nitrogen and oxygen atoms in total. The molecule has 0 spiro atoms. The summed E-state index contributed by atoms with van der Waals surface area (Å²) in [7, 11) is 3.08. The first-order valence-electron chi connectivity index (χ1n) is 9.19. The van der Waals surface area contributed by atoms with Crippen molar-refractivity contribution in [2.24, 2.45) is 5.92 Å². The predicted molar refractivity (Wildman–Crippen MR) is 107 cm³/mol. The Balaban J connectivity index is 1.52. The van der Waals surface area contributed by atoms with E-state index in [2.05, 4.69) is 10.3 Å². The van der Waals surface area contributed by atoms with Gasteiger partial charge in [0.05, 0.1) is 25.8 Å². The number of hydrogen-bond donors (Lipinski definition) is 1. The van der Waals surface area contributed by atoms with E-state index < -0.39 is 5.92 Å². The van der Waals surface area contributed by atoms with Crippen molar-refractivity contribution < 1.29 is 23.5 Å². The normalized spacial score (nSPS) is 16.3. The molecule has 0 bridgehead atoms. The molecule has 1 aromatic heterocycles. The van der Waals surface area contributed by atoms with Crippen molar-refractivity contribution in [3.63, 3.8) is 0 Å². The maximum absolute atomic E-state index is 12.8. The molecule has 1 aliphatic heterocycles. The van der Waals surface area contributed by atoms with Crippen LogP contribution in [0.1, 0.15) is 12.3 Å². The van der Waals surface area contributed by atoms with Crippen LogP contribution < -0.4 is 19.7 Å². The van der Waals surface area contributed by atoms with Gasteiger partial charge in [-0.2, -0.15) is 0 Å². The lowest BCUT2D eigenvalue weighted by Crippen LogP contribution is -2.28. The molecule has 2 aromatic carbocycles. The number of methoxy groups -OCH3 is 2. The molecule has 150 valence electrons. The van der Waals surface area contributed by atoms with Crippen molar-refractivity contribution in [3.8, 4) is 11.5 Å². The number of carbonyl (C=O) groups is 2. The number of rotatable bonds is 5. The molecule has 8 heteroatoms. The van der Waals surface area contributed by atoms with E-state index in [1.54, 1.807) is 55.3 Å². The van der Waals surface area contributed by atoms with Crippen molar-refractivity contribution in [3.05, 3.63) is 42.3 Å². The van der Waals surface area contributed by atoms with E-state index in [0.29, 0.717) is 46.4 Å². The lowest BCUT2D eigenvalue weighted by atomic mass is 10.1. The number of carbonyl (C=O) groups excluding carboxylic acids is 2. The van der Waals surface area contributed by atoms with Crippen LogP contribution in [-0.2, 0) is 9.59 Å². The van der Waals surface area contributed by atoms with E-state index in [9.17, 15) is 9.59 Å². The van der Waals surface area contributed by atoms with Gasteiger partial charge in [0.25, 0.3) is 0 Å². The topological polar surface area (TPSA) is 93.9 Å². The summed E-state index contributed by atoms with van der Waals surface area (Å²) in [6.07, 6.45) is 0.133. The van der Waals surface area contributed by atoms with Gasteiger partial charge in [-0.1, -0.05) is 0 Å². The second kappa shape index (κ2) is 7.46. The number of anilines is 2. The van der Waals surface area contributed by atoms with E-state index in [-0.39, 0.29) is 18.2 Å². The molecule has 4 rings (SSSR count). The van der Waals surface area contributed by atoms with Crippen LogP contribution >= 0.6 is 0 Å². The van der Waals surface area contributed by atoms with E-state index >= 15 is 0 Å². The number of fused-ring (bicyclic) bond motifs is 1. The van der Waals surface area contributed by atoms with Crippen LogP contribution in [0, 0.1) is 12.8 Å². The van der Waals surface area contributed by atoms with Crippen LogP contribution in [-0.4, -0.2) is 37.6 Å². The van der Waals surface area contributed by atoms with Gasteiger partial charge < -0.3 is 24.1 Å². The number of hydrogen-bond acceptors (Lipinski definition) is 6. The van der Waals surface area contributed by atoms with Gasteiger partial charge >= 0.3 is 0 Å². The summed E-state index contributed by atoms with van der Waals surface area (Å²) in [6.45, 7) is 2.06. The molecule has 0 saturated carbocycles. The summed E-state index contributed by atoms with van der Waals surface area (Å²) in [6, 6.07) is 10.5. The number of amides is 2. The quantitative estimate of drug-likeness (QED) is 0.713. The average molecular weight is 395 g/mol. The summed E-state index contributed by atoms with van der Waals surface area (Å²) < 4.78 is 16.0. The molecule has 0 unspecified atom stereocenters. The van der Waals surface area contributed by atoms with Crippen molar-refractivity contribution in [1.29, 1.82) is 0 Å². The number of nitrogens with zero attached hydrogens (tertiary/aromatic N) is 2. The van der Waals surface area contributed by atoms with Crippen LogP contribution in [0.4, 0.5) is 11.4 Å². The minimum atomic E-state index is -0.479. The summed E-state index contributed by atoms with van der Waals surface area (Å²) in [4.78, 5) is 31.3. The van der Waals surface area contributed by atoms with Gasteiger partial charge in [0, 0.05) is 31.6 Å². The van der Waals surface area contributed by atoms with Gasteiger partial charge in [-0.3, -0.25) is 9.59 Å². The minimum Gasteiger partial charge on any atom is -0.497 e. The number of aromatic nitrogens is 1. The summed E-state index contributed by atoms with van der Waals surface area (Å²) in [5.74, 6) is 0.851. The van der Waals surface area contributed by atoms with Crippen LogP contribution in [0.5, 0.6) is 11.5 Å². The number of ether oxygens (including phenoxy) is 2. The first-order valence-corrected chi connectivity index (χ1v) is 9.19. The molecule has 2 amide bonds. The first-order chi connectivity index (χ1) is 14.0. The predicted octanol–water partition coefficient (Wildman–Crippen LogP) is 3.15. The lowest BCUT2D eigenvalue weighted by molar-refractivity contribution is -0.122. The van der Waals surface area contributed by atoms with Crippen LogP contribution in [0.3, 0.4) is 0 Å². The highest BCUT2D eigenvalue weighted by Gasteiger charge is 2.35. The number of oxazole rings is 1. The zero-order valence-corrected chi connectivity index (χ0v) is 16.4. The Labute approximate surface area is 167 Å². The van der Waals surface area contributed by atoms with Crippen LogP contribution in [0.2, 0.25) is 0 Å². The molecule has 1 fully saturated rings. The Hall–Kier alpha value is -3.55. The van der Waals surface area contributed by atoms with Gasteiger partial charge in [0.2, 0.25) is 11.8 Å². The monoisotopic (exact) mass is 395 g/mol. The molecule has 1 saturated heterocycles. The molecule has 1 aliphatic rings. The van der Waals surface area contributed by atoms with Gasteiger partial charge in [0.15, 0.2) is 11.5 Å². The third kappa shape index (κ3) is 3.61. The Bertz CT molecular complexity index is 1090. The highest BCUT2D eigenvalue weighted by molar-refractivity contribution is 6.04. The third-order valence-electron chi connectivity index (χ3n) is 4.95. The Morgan fingerprint density at radius 2 is 2.03 bits per heavy atom. The number of aryl methyl sites for hydroxylation is 1. The SMILES string of the molecule is COc1ccc(OC)c(NC(=O)[C@@H]2CC(=O)N(c3ccc4oc(C)nc4c3)C2)c1. The molecule has 0 radical (unpaired) electrons. The molecule has 0 aliphatic carbocycles. The smallest absolute Gasteiger partial charge is 0.229 e. The maximum Gasteiger partial charge on any atom is 0.229 e. The van der Waals surface area contributed by atoms with Gasteiger partial charge in [-0.05, 0) is 30.3 Å². The molecule has 2 heterocycles. The zero-order valence-electron chi connectivity index (χ0n) is 16.4. The van der Waals surface area contributed by atoms with Crippen LogP contribution in [0.25, 0.3) is 11.1 Å². The van der Waals surface area contributed by atoms with Gasteiger partial charge in [0.1, 0.15) is 17.0 Å². The van der Waals surface area contributed by atoms with Gasteiger partial charge in [-0.15, -0.1) is 0 Å². The average Bonchev–Trinajstić information content (AvgIpc) is 3.28. The van der Waals surface area contributed by atoms with Crippen molar-refractivity contribution in [1.82, 2.24) is 4.98 Å². The Kier molecular flexibility index (Phi) is 4.84. The molecule has 29 heavy (non-hydrogen) atoms. The maximum atomic E-state index is 12.8. The highest BCUT2D eigenvalue weighted by Crippen LogP contribution is 2.32. The number of benzene rings is 2. The molecule has 1 N–H and O–H groups in total. The first kappa shape index (κ1) is 18.8. The van der Waals surface area contributed by atoms with Crippen molar-refractivity contribution >= 4 is 34.3 Å². The fourth-order valence-corrected chi connectivity index (χ4v) is 3.48. The largest absolute Gasteiger partial charge is 0.497 e. The van der Waals surface area contributed by atoms with Gasteiger partial charge in [-0.25, -0.2) is 4.98 Å². The summed E-state index contributed by atoms with van der Waals surface area (Å²) in [5, 5.41) is 2.85. The van der Waals surface area contributed by atoms with Crippen molar-refractivity contribution in [2.45, 2.75) is 13.3 Å². The highest BCUT2D eigenvalue weighted by atomic mass is 16.5. The standard InChI is InChI=1S/C21H21N3O5/c1-12-22-16-9-14(4-6-19(16)29-12)24-11-13(8-20(24)25)21(26)23-17-10-15(27-2)5-7-18(17)28-3/h4-7,9-10,13H,8,11H2,1-3H3,(H,23,26)/t13-/m1/s1. The third-order valence-corrected chi connectivity index (χ3v) is 4.95. The second-order valence-corrected chi connectivity index (χ2v) is 6.85. The summed E-state index contributed by atoms with van der Waals surface area (Å²) in [5.41, 5.74) is 2.55.